The first-order valence-corrected chi connectivity index (χ1v) is 10.7. The van der Waals surface area contributed by atoms with Gasteiger partial charge < -0.3 is 9.47 Å². The molecule has 0 aliphatic rings. The van der Waals surface area contributed by atoms with E-state index in [0.717, 1.165) is 42.0 Å². The zero-order valence-electron chi connectivity index (χ0n) is 17.6. The van der Waals surface area contributed by atoms with E-state index in [2.05, 4.69) is 20.8 Å². The third kappa shape index (κ3) is 13.4. The molecule has 1 aromatic carbocycles. The second-order valence-corrected chi connectivity index (χ2v) is 6.76. The molecule has 0 N–H and O–H groups in total. The van der Waals surface area contributed by atoms with Crippen molar-refractivity contribution in [1.82, 2.24) is 0 Å². The van der Waals surface area contributed by atoms with Crippen LogP contribution >= 0.6 is 11.6 Å². The van der Waals surface area contributed by atoms with Gasteiger partial charge >= 0.3 is 5.97 Å². The number of halogens is 1. The number of carbonyl (C=O) groups is 1. The first-order valence-electron chi connectivity index (χ1n) is 10.2. The van der Waals surface area contributed by atoms with E-state index in [-0.39, 0.29) is 5.97 Å². The number of hydrogen-bond donors (Lipinski definition) is 0. The minimum absolute atomic E-state index is 0.287. The summed E-state index contributed by atoms with van der Waals surface area (Å²) in [6, 6.07) is 5.94. The Morgan fingerprint density at radius 3 is 2.30 bits per heavy atom. The van der Waals surface area contributed by atoms with Crippen molar-refractivity contribution in [3.63, 3.8) is 0 Å². The molecule has 154 valence electrons. The van der Waals surface area contributed by atoms with E-state index in [4.69, 9.17) is 21.1 Å². The van der Waals surface area contributed by atoms with Gasteiger partial charge in [0.25, 0.3) is 0 Å². The Morgan fingerprint density at radius 2 is 1.74 bits per heavy atom. The van der Waals surface area contributed by atoms with E-state index in [0.29, 0.717) is 6.61 Å². The van der Waals surface area contributed by atoms with Gasteiger partial charge in [0, 0.05) is 12.0 Å². The Bertz CT molecular complexity index is 522. The predicted molar refractivity (Wildman–Crippen MR) is 117 cm³/mol. The van der Waals surface area contributed by atoms with Crippen molar-refractivity contribution in [2.75, 3.05) is 19.6 Å². The molecule has 4 heteroatoms. The summed E-state index contributed by atoms with van der Waals surface area (Å²) in [6.07, 6.45) is 12.3. The third-order valence-electron chi connectivity index (χ3n) is 4.08. The SMILES string of the molecule is CCCCCCOC(=O)C=Cc1ccc(CC)c(OC)c1.CCCCCCl. The minimum Gasteiger partial charge on any atom is -0.496 e. The Balaban J connectivity index is 0.000000972. The summed E-state index contributed by atoms with van der Waals surface area (Å²) in [4.78, 5) is 11.6. The summed E-state index contributed by atoms with van der Waals surface area (Å²) < 4.78 is 10.5. The first-order chi connectivity index (χ1) is 13.1. The molecule has 3 nitrogen and oxygen atoms in total. The van der Waals surface area contributed by atoms with E-state index < -0.39 is 0 Å². The quantitative estimate of drug-likeness (QED) is 0.168. The van der Waals surface area contributed by atoms with E-state index >= 15 is 0 Å². The number of esters is 1. The first kappa shape index (κ1) is 25.5. The van der Waals surface area contributed by atoms with Gasteiger partial charge in [0.05, 0.1) is 13.7 Å². The highest BCUT2D eigenvalue weighted by molar-refractivity contribution is 6.17. The van der Waals surface area contributed by atoms with Gasteiger partial charge in [-0.25, -0.2) is 4.79 Å². The average Bonchev–Trinajstić information content (AvgIpc) is 2.70. The average molecular weight is 397 g/mol. The molecule has 0 spiro atoms. The molecule has 1 aromatic rings. The van der Waals surface area contributed by atoms with Crippen LogP contribution in [-0.2, 0) is 16.0 Å². The number of unbranched alkanes of at least 4 members (excludes halogenated alkanes) is 5. The van der Waals surface area contributed by atoms with Gasteiger partial charge in [0.15, 0.2) is 0 Å². The number of aryl methyl sites for hydroxylation is 1. The zero-order chi connectivity index (χ0) is 20.3. The van der Waals surface area contributed by atoms with E-state index in [1.54, 1.807) is 13.2 Å². The van der Waals surface area contributed by atoms with Crippen LogP contribution in [0.5, 0.6) is 5.75 Å². The minimum atomic E-state index is -0.287. The molecular formula is C23H37ClO3. The lowest BCUT2D eigenvalue weighted by atomic mass is 10.1. The highest BCUT2D eigenvalue weighted by Gasteiger charge is 2.02. The van der Waals surface area contributed by atoms with Crippen LogP contribution < -0.4 is 4.74 Å². The second kappa shape index (κ2) is 17.9. The Labute approximate surface area is 171 Å². The van der Waals surface area contributed by atoms with Crippen molar-refractivity contribution in [3.8, 4) is 5.75 Å². The summed E-state index contributed by atoms with van der Waals surface area (Å²) in [5, 5.41) is 0. The number of methoxy groups -OCH3 is 1. The monoisotopic (exact) mass is 396 g/mol. The van der Waals surface area contributed by atoms with Crippen LogP contribution in [0.15, 0.2) is 24.3 Å². The lowest BCUT2D eigenvalue weighted by Gasteiger charge is -2.07. The lowest BCUT2D eigenvalue weighted by molar-refractivity contribution is -0.137. The normalized spacial score (nSPS) is 10.4. The van der Waals surface area contributed by atoms with Gasteiger partial charge in [0.2, 0.25) is 0 Å². The summed E-state index contributed by atoms with van der Waals surface area (Å²) in [7, 11) is 1.66. The van der Waals surface area contributed by atoms with E-state index in [1.807, 2.05) is 18.2 Å². The fourth-order valence-electron chi connectivity index (χ4n) is 2.42. The summed E-state index contributed by atoms with van der Waals surface area (Å²) in [6.45, 7) is 6.92. The van der Waals surface area contributed by atoms with Gasteiger partial charge in [-0.05, 0) is 42.5 Å². The molecule has 0 heterocycles. The van der Waals surface area contributed by atoms with Gasteiger partial charge in [-0.3, -0.25) is 0 Å². The Hall–Kier alpha value is -1.48. The number of alkyl halides is 1. The predicted octanol–water partition coefficient (Wildman–Crippen LogP) is 6.81. The standard InChI is InChI=1S/C18H26O3.C5H11Cl/c1-4-6-7-8-13-21-18(19)12-10-15-9-11-16(5-2)17(14-15)20-3;1-2-3-4-5-6/h9-12,14H,4-8,13H2,1-3H3;2-5H2,1H3. The van der Waals surface area contributed by atoms with Gasteiger partial charge in [-0.2, -0.15) is 0 Å². The summed E-state index contributed by atoms with van der Waals surface area (Å²) >= 11 is 5.38. The fourth-order valence-corrected chi connectivity index (χ4v) is 2.60. The number of benzene rings is 1. The molecule has 0 atom stereocenters. The van der Waals surface area contributed by atoms with Gasteiger partial charge in [-0.1, -0.05) is 65.0 Å². The largest absolute Gasteiger partial charge is 0.496 e. The fraction of sp³-hybridized carbons (Fsp3) is 0.609. The molecule has 0 saturated heterocycles. The van der Waals surface area contributed by atoms with Crippen molar-refractivity contribution < 1.29 is 14.3 Å². The molecule has 0 amide bonds. The molecule has 0 saturated carbocycles. The maximum Gasteiger partial charge on any atom is 0.330 e. The molecule has 0 aromatic heterocycles. The molecule has 0 aliphatic carbocycles. The molecular weight excluding hydrogens is 360 g/mol. The molecule has 27 heavy (non-hydrogen) atoms. The molecule has 0 radical (unpaired) electrons. The van der Waals surface area contributed by atoms with Crippen LogP contribution in [0.4, 0.5) is 0 Å². The Morgan fingerprint density at radius 1 is 1.04 bits per heavy atom. The van der Waals surface area contributed by atoms with Crippen LogP contribution in [0, 0.1) is 0 Å². The van der Waals surface area contributed by atoms with Crippen LogP contribution in [-0.4, -0.2) is 25.6 Å². The summed E-state index contributed by atoms with van der Waals surface area (Å²) in [5.41, 5.74) is 2.10. The highest BCUT2D eigenvalue weighted by atomic mass is 35.5. The van der Waals surface area contributed by atoms with E-state index in [1.165, 1.54) is 38.2 Å². The zero-order valence-corrected chi connectivity index (χ0v) is 18.3. The molecule has 1 rings (SSSR count). The molecule has 0 bridgehead atoms. The van der Waals surface area contributed by atoms with Crippen LogP contribution in [0.25, 0.3) is 6.08 Å². The Kier molecular flexibility index (Phi) is 16.9. The van der Waals surface area contributed by atoms with Crippen molar-refractivity contribution in [3.05, 3.63) is 35.4 Å². The van der Waals surface area contributed by atoms with Gasteiger partial charge in [-0.15, -0.1) is 11.6 Å². The van der Waals surface area contributed by atoms with E-state index in [9.17, 15) is 4.79 Å². The molecule has 0 unspecified atom stereocenters. The van der Waals surface area contributed by atoms with Crippen molar-refractivity contribution in [2.45, 2.75) is 72.1 Å². The van der Waals surface area contributed by atoms with Crippen LogP contribution in [0.3, 0.4) is 0 Å². The number of rotatable bonds is 12. The van der Waals surface area contributed by atoms with Crippen molar-refractivity contribution in [1.29, 1.82) is 0 Å². The maximum atomic E-state index is 11.6. The molecule has 0 fully saturated rings. The summed E-state index contributed by atoms with van der Waals surface area (Å²) in [5.74, 6) is 1.39. The number of carbonyl (C=O) groups excluding carboxylic acids is 1. The number of ether oxygens (including phenoxy) is 2. The topological polar surface area (TPSA) is 35.5 Å². The highest BCUT2D eigenvalue weighted by Crippen LogP contribution is 2.21. The maximum absolute atomic E-state index is 11.6. The third-order valence-corrected chi connectivity index (χ3v) is 4.35. The van der Waals surface area contributed by atoms with Crippen LogP contribution in [0.2, 0.25) is 0 Å². The number of hydrogen-bond acceptors (Lipinski definition) is 3. The van der Waals surface area contributed by atoms with Crippen LogP contribution in [0.1, 0.15) is 76.8 Å². The lowest BCUT2D eigenvalue weighted by Crippen LogP contribution is -2.02. The van der Waals surface area contributed by atoms with Crippen molar-refractivity contribution in [2.24, 2.45) is 0 Å². The second-order valence-electron chi connectivity index (χ2n) is 6.38. The van der Waals surface area contributed by atoms with Gasteiger partial charge in [0.1, 0.15) is 5.75 Å². The molecule has 0 aliphatic heterocycles. The van der Waals surface area contributed by atoms with Crippen molar-refractivity contribution >= 4 is 23.6 Å². The smallest absolute Gasteiger partial charge is 0.330 e.